The quantitative estimate of drug-likeness (QED) is 0.574. The molecule has 0 saturated carbocycles. The minimum atomic E-state index is -0.670. The van der Waals surface area contributed by atoms with E-state index in [-0.39, 0.29) is 25.1 Å². The van der Waals surface area contributed by atoms with E-state index in [1.54, 1.807) is 17.0 Å². The van der Waals surface area contributed by atoms with Gasteiger partial charge in [-0.25, -0.2) is 4.99 Å². The Bertz CT molecular complexity index is 737. The molecule has 0 spiro atoms. The first-order valence-corrected chi connectivity index (χ1v) is 8.23. The fourth-order valence-electron chi connectivity index (χ4n) is 2.71. The summed E-state index contributed by atoms with van der Waals surface area (Å²) >= 11 is 6.43. The molecule has 0 bridgehead atoms. The zero-order valence-corrected chi connectivity index (χ0v) is 14.4. The standard InChI is InChI=1S/C16H18ClN3O5/c1-9(22)24-5-2-6-25-13-4-3-11-10(14(13)17)7-20-12(8-21)15(23)19-16(20)18-11/h3-4,12,21H,2,5-8H2,1H3,(H,18,19,23). The highest BCUT2D eigenvalue weighted by Crippen LogP contribution is 2.39. The fraction of sp³-hybridized carbons (Fsp3) is 0.438. The van der Waals surface area contributed by atoms with E-state index in [0.717, 1.165) is 5.56 Å². The Morgan fingerprint density at radius 3 is 3.00 bits per heavy atom. The molecule has 0 aromatic heterocycles. The summed E-state index contributed by atoms with van der Waals surface area (Å²) in [4.78, 5) is 28.6. The van der Waals surface area contributed by atoms with Crippen molar-refractivity contribution in [2.24, 2.45) is 4.99 Å². The number of halogens is 1. The highest BCUT2D eigenvalue weighted by atomic mass is 35.5. The predicted molar refractivity (Wildman–Crippen MR) is 89.9 cm³/mol. The number of amides is 1. The second-order valence-electron chi connectivity index (χ2n) is 5.67. The SMILES string of the molecule is CC(=O)OCCCOc1ccc2c(c1Cl)CN1C(=N2)NC(=O)C1CO. The lowest BCUT2D eigenvalue weighted by Gasteiger charge is -2.28. The number of carbonyl (C=O) groups excluding carboxylic acids is 2. The monoisotopic (exact) mass is 367 g/mol. The van der Waals surface area contributed by atoms with E-state index in [1.165, 1.54) is 6.92 Å². The average molecular weight is 368 g/mol. The Hall–Kier alpha value is -2.32. The number of nitrogens with zero attached hydrogens (tertiary/aromatic N) is 2. The molecule has 2 heterocycles. The lowest BCUT2D eigenvalue weighted by Crippen LogP contribution is -2.39. The third-order valence-corrected chi connectivity index (χ3v) is 4.36. The Kier molecular flexibility index (Phi) is 5.10. The molecule has 25 heavy (non-hydrogen) atoms. The normalized spacial score (nSPS) is 18.2. The van der Waals surface area contributed by atoms with Crippen LogP contribution in [0.4, 0.5) is 5.69 Å². The Morgan fingerprint density at radius 2 is 2.28 bits per heavy atom. The summed E-state index contributed by atoms with van der Waals surface area (Å²) in [6.45, 7) is 2.04. The van der Waals surface area contributed by atoms with Gasteiger partial charge in [-0.3, -0.25) is 14.9 Å². The van der Waals surface area contributed by atoms with Crippen molar-refractivity contribution >= 4 is 35.1 Å². The van der Waals surface area contributed by atoms with E-state index in [2.05, 4.69) is 10.3 Å². The molecule has 1 amide bonds. The summed E-state index contributed by atoms with van der Waals surface area (Å²) < 4.78 is 10.5. The van der Waals surface area contributed by atoms with Gasteiger partial charge in [0.05, 0.1) is 37.1 Å². The summed E-state index contributed by atoms with van der Waals surface area (Å²) in [6, 6.07) is 2.81. The highest BCUT2D eigenvalue weighted by molar-refractivity contribution is 6.33. The predicted octanol–water partition coefficient (Wildman–Crippen LogP) is 0.966. The molecule has 1 atom stereocenters. The van der Waals surface area contributed by atoms with Gasteiger partial charge in [0.2, 0.25) is 5.96 Å². The average Bonchev–Trinajstić information content (AvgIpc) is 2.88. The number of aliphatic hydroxyl groups is 1. The van der Waals surface area contributed by atoms with Crippen LogP contribution in [0.3, 0.4) is 0 Å². The number of rotatable bonds is 6. The summed E-state index contributed by atoms with van der Waals surface area (Å²) in [6.07, 6.45) is 0.548. The van der Waals surface area contributed by atoms with E-state index in [1.807, 2.05) is 0 Å². The number of esters is 1. The van der Waals surface area contributed by atoms with Crippen molar-refractivity contribution in [3.63, 3.8) is 0 Å². The Labute approximate surface area is 149 Å². The van der Waals surface area contributed by atoms with Crippen molar-refractivity contribution in [2.75, 3.05) is 19.8 Å². The van der Waals surface area contributed by atoms with E-state index in [0.29, 0.717) is 42.0 Å². The van der Waals surface area contributed by atoms with Gasteiger partial charge in [0, 0.05) is 18.9 Å². The minimum absolute atomic E-state index is 0.283. The number of aliphatic imine (C=N–C) groups is 1. The van der Waals surface area contributed by atoms with Crippen LogP contribution in [0, 0.1) is 0 Å². The third kappa shape index (κ3) is 3.54. The minimum Gasteiger partial charge on any atom is -0.492 e. The van der Waals surface area contributed by atoms with Crippen LogP contribution in [0.2, 0.25) is 5.02 Å². The summed E-state index contributed by atoms with van der Waals surface area (Å²) in [5, 5.41) is 12.5. The lowest BCUT2D eigenvalue weighted by molar-refractivity contribution is -0.141. The highest BCUT2D eigenvalue weighted by Gasteiger charge is 2.39. The van der Waals surface area contributed by atoms with Gasteiger partial charge in [0.25, 0.3) is 5.91 Å². The molecule has 1 fully saturated rings. The van der Waals surface area contributed by atoms with Gasteiger partial charge >= 0.3 is 5.97 Å². The van der Waals surface area contributed by atoms with Crippen molar-refractivity contribution < 1.29 is 24.2 Å². The fourth-order valence-corrected chi connectivity index (χ4v) is 2.98. The molecule has 2 N–H and O–H groups in total. The molecule has 2 aliphatic rings. The Balaban J connectivity index is 1.71. The topological polar surface area (TPSA) is 100 Å². The number of hydrogen-bond donors (Lipinski definition) is 2. The summed E-state index contributed by atoms with van der Waals surface area (Å²) in [7, 11) is 0. The van der Waals surface area contributed by atoms with Gasteiger partial charge in [0.1, 0.15) is 11.8 Å². The zero-order chi connectivity index (χ0) is 18.0. The van der Waals surface area contributed by atoms with Crippen LogP contribution in [0.5, 0.6) is 5.75 Å². The van der Waals surface area contributed by atoms with Gasteiger partial charge in [-0.2, -0.15) is 0 Å². The number of ether oxygens (including phenoxy) is 2. The molecule has 2 aliphatic heterocycles. The molecule has 8 nitrogen and oxygen atoms in total. The molecular weight excluding hydrogens is 350 g/mol. The molecule has 1 saturated heterocycles. The maximum absolute atomic E-state index is 11.8. The molecule has 1 unspecified atom stereocenters. The second-order valence-corrected chi connectivity index (χ2v) is 6.05. The number of guanidine groups is 1. The van der Waals surface area contributed by atoms with E-state index in [9.17, 15) is 14.7 Å². The van der Waals surface area contributed by atoms with Gasteiger partial charge in [-0.1, -0.05) is 11.6 Å². The number of benzene rings is 1. The van der Waals surface area contributed by atoms with Crippen LogP contribution in [-0.2, 0) is 20.9 Å². The van der Waals surface area contributed by atoms with E-state index < -0.39 is 6.04 Å². The van der Waals surface area contributed by atoms with Gasteiger partial charge in [-0.15, -0.1) is 0 Å². The Morgan fingerprint density at radius 1 is 1.48 bits per heavy atom. The van der Waals surface area contributed by atoms with E-state index in [4.69, 9.17) is 21.1 Å². The molecule has 3 rings (SSSR count). The smallest absolute Gasteiger partial charge is 0.302 e. The third-order valence-electron chi connectivity index (χ3n) is 3.95. The largest absolute Gasteiger partial charge is 0.492 e. The van der Waals surface area contributed by atoms with Crippen molar-refractivity contribution in [1.29, 1.82) is 0 Å². The lowest BCUT2D eigenvalue weighted by atomic mass is 10.1. The van der Waals surface area contributed by atoms with Crippen LogP contribution in [0.25, 0.3) is 0 Å². The number of fused-ring (bicyclic) bond motifs is 2. The molecule has 0 aliphatic carbocycles. The molecule has 1 aromatic carbocycles. The second kappa shape index (κ2) is 7.28. The molecule has 1 aromatic rings. The van der Waals surface area contributed by atoms with Gasteiger partial charge in [-0.05, 0) is 12.1 Å². The number of nitrogens with one attached hydrogen (secondary N) is 1. The first kappa shape index (κ1) is 17.5. The summed E-state index contributed by atoms with van der Waals surface area (Å²) in [5.74, 6) is 0.309. The van der Waals surface area contributed by atoms with Crippen molar-refractivity contribution in [3.05, 3.63) is 22.7 Å². The number of hydrogen-bond acceptors (Lipinski definition) is 7. The molecule has 0 radical (unpaired) electrons. The van der Waals surface area contributed by atoms with Crippen LogP contribution < -0.4 is 10.1 Å². The molecule has 134 valence electrons. The van der Waals surface area contributed by atoms with Crippen LogP contribution >= 0.6 is 11.6 Å². The zero-order valence-electron chi connectivity index (χ0n) is 13.6. The first-order chi connectivity index (χ1) is 12.0. The first-order valence-electron chi connectivity index (χ1n) is 7.86. The van der Waals surface area contributed by atoms with Crippen molar-refractivity contribution in [1.82, 2.24) is 10.2 Å². The van der Waals surface area contributed by atoms with E-state index >= 15 is 0 Å². The van der Waals surface area contributed by atoms with Crippen molar-refractivity contribution in [2.45, 2.75) is 25.9 Å². The molecular formula is C16H18ClN3O5. The maximum Gasteiger partial charge on any atom is 0.302 e. The van der Waals surface area contributed by atoms with Crippen molar-refractivity contribution in [3.8, 4) is 5.75 Å². The van der Waals surface area contributed by atoms with Crippen LogP contribution in [-0.4, -0.2) is 53.7 Å². The maximum atomic E-state index is 11.8. The number of carbonyl (C=O) groups is 2. The number of aliphatic hydroxyl groups excluding tert-OH is 1. The summed E-state index contributed by atoms with van der Waals surface area (Å²) in [5.41, 5.74) is 1.39. The van der Waals surface area contributed by atoms with Crippen LogP contribution in [0.15, 0.2) is 17.1 Å². The van der Waals surface area contributed by atoms with Crippen LogP contribution in [0.1, 0.15) is 18.9 Å². The van der Waals surface area contributed by atoms with Gasteiger partial charge in [0.15, 0.2) is 0 Å². The molecule has 9 heteroatoms. The van der Waals surface area contributed by atoms with Gasteiger partial charge < -0.3 is 19.5 Å².